The van der Waals surface area contributed by atoms with Crippen molar-refractivity contribution in [2.75, 3.05) is 6.54 Å². The van der Waals surface area contributed by atoms with Crippen molar-refractivity contribution in [3.05, 3.63) is 51.5 Å². The highest BCUT2D eigenvalue weighted by Crippen LogP contribution is 2.13. The van der Waals surface area contributed by atoms with Gasteiger partial charge >= 0.3 is 0 Å². The average molecular weight is 288 g/mol. The van der Waals surface area contributed by atoms with Crippen molar-refractivity contribution in [1.29, 1.82) is 0 Å². The van der Waals surface area contributed by atoms with E-state index in [4.69, 9.17) is 0 Å². The Labute approximate surface area is 126 Å². The van der Waals surface area contributed by atoms with Crippen LogP contribution in [0.2, 0.25) is 0 Å². The van der Waals surface area contributed by atoms with E-state index in [-0.39, 0.29) is 0 Å². The molecule has 0 bridgehead atoms. The van der Waals surface area contributed by atoms with Crippen LogP contribution in [0.25, 0.3) is 0 Å². The maximum absolute atomic E-state index is 4.60. The van der Waals surface area contributed by atoms with Crippen molar-refractivity contribution in [2.45, 2.75) is 46.1 Å². The first-order valence-electron chi connectivity index (χ1n) is 7.37. The van der Waals surface area contributed by atoms with Crippen molar-refractivity contribution >= 4 is 11.3 Å². The molecule has 3 heteroatoms. The summed E-state index contributed by atoms with van der Waals surface area (Å²) in [7, 11) is 0. The summed E-state index contributed by atoms with van der Waals surface area (Å²) < 4.78 is 0. The molecule has 2 nitrogen and oxygen atoms in total. The van der Waals surface area contributed by atoms with Crippen molar-refractivity contribution in [2.24, 2.45) is 0 Å². The van der Waals surface area contributed by atoms with Crippen molar-refractivity contribution in [3.63, 3.8) is 0 Å². The summed E-state index contributed by atoms with van der Waals surface area (Å²) >= 11 is 1.74. The molecule has 0 aliphatic heterocycles. The molecular weight excluding hydrogens is 264 g/mol. The second kappa shape index (κ2) is 7.55. The summed E-state index contributed by atoms with van der Waals surface area (Å²) in [5, 5.41) is 7.00. The maximum atomic E-state index is 4.60. The van der Waals surface area contributed by atoms with Gasteiger partial charge in [0.15, 0.2) is 0 Å². The Morgan fingerprint density at radius 1 is 1.25 bits per heavy atom. The van der Waals surface area contributed by atoms with Crippen LogP contribution in [0.15, 0.2) is 29.6 Å². The van der Waals surface area contributed by atoms with E-state index in [1.807, 2.05) is 0 Å². The molecule has 2 rings (SSSR count). The Morgan fingerprint density at radius 3 is 2.75 bits per heavy atom. The molecule has 1 aromatic carbocycles. The second-order valence-electron chi connectivity index (χ2n) is 5.41. The lowest BCUT2D eigenvalue weighted by Gasteiger charge is -2.18. The molecule has 2 aromatic rings. The summed E-state index contributed by atoms with van der Waals surface area (Å²) in [5.74, 6) is 0. The number of hydrogen-bond donors (Lipinski definition) is 1. The number of benzene rings is 1. The Balaban J connectivity index is 2.02. The lowest BCUT2D eigenvalue weighted by molar-refractivity contribution is 0.501. The molecule has 0 saturated heterocycles. The lowest BCUT2D eigenvalue weighted by Crippen LogP contribution is -2.34. The topological polar surface area (TPSA) is 24.9 Å². The Bertz CT molecular complexity index is 533. The normalized spacial score (nSPS) is 12.6. The summed E-state index contributed by atoms with van der Waals surface area (Å²) in [6.07, 6.45) is 3.25. The molecule has 0 spiro atoms. The highest BCUT2D eigenvalue weighted by atomic mass is 32.1. The predicted octanol–water partition coefficient (Wildman–Crippen LogP) is 3.91. The molecule has 1 N–H and O–H groups in total. The molecule has 0 aliphatic carbocycles. The van der Waals surface area contributed by atoms with Gasteiger partial charge in [0.1, 0.15) is 0 Å². The molecule has 1 atom stereocenters. The molecule has 0 radical (unpaired) electrons. The third-order valence-electron chi connectivity index (χ3n) is 3.37. The van der Waals surface area contributed by atoms with Crippen molar-refractivity contribution in [3.8, 4) is 0 Å². The summed E-state index contributed by atoms with van der Waals surface area (Å²) in [5.41, 5.74) is 3.96. The molecule has 0 aliphatic rings. The highest BCUT2D eigenvalue weighted by molar-refractivity contribution is 7.09. The number of nitrogens with one attached hydrogen (secondary N) is 1. The van der Waals surface area contributed by atoms with Crippen LogP contribution in [0.4, 0.5) is 0 Å². The van der Waals surface area contributed by atoms with Gasteiger partial charge in [-0.2, -0.15) is 0 Å². The van der Waals surface area contributed by atoms with E-state index in [2.05, 4.69) is 60.7 Å². The van der Waals surface area contributed by atoms with E-state index in [9.17, 15) is 0 Å². The minimum Gasteiger partial charge on any atom is -0.313 e. The fraction of sp³-hybridized carbons (Fsp3) is 0.471. The fourth-order valence-corrected chi connectivity index (χ4v) is 3.07. The maximum Gasteiger partial charge on any atom is 0.0897 e. The van der Waals surface area contributed by atoms with Crippen molar-refractivity contribution < 1.29 is 0 Å². The smallest absolute Gasteiger partial charge is 0.0897 e. The predicted molar refractivity (Wildman–Crippen MR) is 87.5 cm³/mol. The molecule has 1 aromatic heterocycles. The monoisotopic (exact) mass is 288 g/mol. The van der Waals surface area contributed by atoms with E-state index in [0.29, 0.717) is 6.04 Å². The van der Waals surface area contributed by atoms with Gasteiger partial charge in [0.2, 0.25) is 0 Å². The van der Waals surface area contributed by atoms with Gasteiger partial charge in [-0.05, 0) is 38.8 Å². The van der Waals surface area contributed by atoms with Gasteiger partial charge < -0.3 is 5.32 Å². The van der Waals surface area contributed by atoms with Gasteiger partial charge in [-0.3, -0.25) is 0 Å². The van der Waals surface area contributed by atoms with Gasteiger partial charge in [-0.25, -0.2) is 4.98 Å². The first kappa shape index (κ1) is 15.2. The third kappa shape index (κ3) is 4.73. The van der Waals surface area contributed by atoms with Crippen LogP contribution in [0, 0.1) is 13.8 Å². The van der Waals surface area contributed by atoms with Crippen LogP contribution in [-0.4, -0.2) is 17.6 Å². The van der Waals surface area contributed by atoms with Gasteiger partial charge in [0, 0.05) is 17.8 Å². The quantitative estimate of drug-likeness (QED) is 0.835. The number of aryl methyl sites for hydroxylation is 2. The molecule has 0 saturated carbocycles. The van der Waals surface area contributed by atoms with Crippen LogP contribution in [0.1, 0.15) is 35.2 Å². The van der Waals surface area contributed by atoms with Gasteiger partial charge in [0.05, 0.1) is 10.7 Å². The molecule has 0 amide bonds. The number of hydrogen-bond acceptors (Lipinski definition) is 3. The highest BCUT2D eigenvalue weighted by Gasteiger charge is 2.12. The van der Waals surface area contributed by atoms with E-state index in [1.54, 1.807) is 11.3 Å². The number of aromatic nitrogens is 1. The summed E-state index contributed by atoms with van der Waals surface area (Å²) in [6, 6.07) is 9.28. The number of rotatable bonds is 7. The van der Waals surface area contributed by atoms with E-state index >= 15 is 0 Å². The van der Waals surface area contributed by atoms with Gasteiger partial charge in [0.25, 0.3) is 0 Å². The number of thiazole rings is 1. The molecule has 0 fully saturated rings. The van der Waals surface area contributed by atoms with E-state index in [0.717, 1.165) is 24.4 Å². The van der Waals surface area contributed by atoms with Crippen LogP contribution in [0.3, 0.4) is 0 Å². The Kier molecular flexibility index (Phi) is 5.74. The minimum atomic E-state index is 0.471. The third-order valence-corrected chi connectivity index (χ3v) is 4.19. The fourth-order valence-electron chi connectivity index (χ4n) is 2.44. The first-order chi connectivity index (χ1) is 9.67. The number of nitrogens with zero attached hydrogens (tertiary/aromatic N) is 1. The van der Waals surface area contributed by atoms with Gasteiger partial charge in [-0.1, -0.05) is 36.8 Å². The summed E-state index contributed by atoms with van der Waals surface area (Å²) in [6.45, 7) is 7.51. The molecule has 20 heavy (non-hydrogen) atoms. The average Bonchev–Trinajstić information content (AvgIpc) is 2.81. The van der Waals surface area contributed by atoms with Crippen LogP contribution >= 0.6 is 11.3 Å². The standard InChI is InChI=1S/C17H24N2S/c1-4-8-18-16(11-17-12-20-14(3)19-17)10-15-7-5-6-13(2)9-15/h5-7,9,12,16,18H,4,8,10-11H2,1-3H3. The zero-order valence-electron chi connectivity index (χ0n) is 12.6. The Morgan fingerprint density at radius 2 is 2.10 bits per heavy atom. The zero-order chi connectivity index (χ0) is 14.4. The van der Waals surface area contributed by atoms with Crippen molar-refractivity contribution in [1.82, 2.24) is 10.3 Å². The van der Waals surface area contributed by atoms with Crippen LogP contribution in [-0.2, 0) is 12.8 Å². The zero-order valence-corrected chi connectivity index (χ0v) is 13.5. The van der Waals surface area contributed by atoms with E-state index in [1.165, 1.54) is 23.2 Å². The molecule has 1 heterocycles. The first-order valence-corrected chi connectivity index (χ1v) is 8.25. The second-order valence-corrected chi connectivity index (χ2v) is 6.47. The van der Waals surface area contributed by atoms with Crippen LogP contribution in [0.5, 0.6) is 0 Å². The minimum absolute atomic E-state index is 0.471. The molecule has 108 valence electrons. The SMILES string of the molecule is CCCNC(Cc1cccc(C)c1)Cc1csc(C)n1. The van der Waals surface area contributed by atoms with Gasteiger partial charge in [-0.15, -0.1) is 11.3 Å². The Hall–Kier alpha value is -1.19. The summed E-state index contributed by atoms with van der Waals surface area (Å²) in [4.78, 5) is 4.60. The largest absolute Gasteiger partial charge is 0.313 e. The lowest BCUT2D eigenvalue weighted by atomic mass is 10.0. The van der Waals surface area contributed by atoms with E-state index < -0.39 is 0 Å². The van der Waals surface area contributed by atoms with Crippen LogP contribution < -0.4 is 5.32 Å². The molecule has 1 unspecified atom stereocenters. The molecular formula is C17H24N2S.